The SMILES string of the molecule is CCc1cccc(CC)c1N(CCNC(=O)c1cccc(C)c1)S(C)(=O)=O. The predicted octanol–water partition coefficient (Wildman–Crippen LogP) is 3.32. The summed E-state index contributed by atoms with van der Waals surface area (Å²) < 4.78 is 26.4. The molecule has 0 heterocycles. The molecule has 6 heteroatoms. The smallest absolute Gasteiger partial charge is 0.251 e. The Morgan fingerprint density at radius 3 is 2.15 bits per heavy atom. The van der Waals surface area contributed by atoms with Crippen molar-refractivity contribution in [1.82, 2.24) is 5.32 Å². The highest BCUT2D eigenvalue weighted by Gasteiger charge is 2.22. The molecular formula is C21H28N2O3S. The lowest BCUT2D eigenvalue weighted by Crippen LogP contribution is -2.39. The fourth-order valence-electron chi connectivity index (χ4n) is 3.14. The Morgan fingerprint density at radius 1 is 1.04 bits per heavy atom. The minimum atomic E-state index is -3.47. The molecule has 2 rings (SSSR count). The highest BCUT2D eigenvalue weighted by Crippen LogP contribution is 2.28. The number of hydrogen-bond acceptors (Lipinski definition) is 3. The number of carbonyl (C=O) groups excluding carboxylic acids is 1. The van der Waals surface area contributed by atoms with Crippen LogP contribution in [0.2, 0.25) is 0 Å². The summed E-state index contributed by atoms with van der Waals surface area (Å²) in [4.78, 5) is 12.3. The average Bonchev–Trinajstić information content (AvgIpc) is 2.63. The molecule has 0 unspecified atom stereocenters. The number of carbonyl (C=O) groups is 1. The van der Waals surface area contributed by atoms with Crippen LogP contribution < -0.4 is 9.62 Å². The number of para-hydroxylation sites is 1. The van der Waals surface area contributed by atoms with E-state index in [1.54, 1.807) is 6.07 Å². The summed E-state index contributed by atoms with van der Waals surface area (Å²) in [7, 11) is -3.47. The van der Waals surface area contributed by atoms with Gasteiger partial charge in [0.1, 0.15) is 0 Å². The summed E-state index contributed by atoms with van der Waals surface area (Å²) in [6.07, 6.45) is 2.69. The Hall–Kier alpha value is -2.34. The first-order valence-corrected chi connectivity index (χ1v) is 11.1. The number of amides is 1. The van der Waals surface area contributed by atoms with Crippen LogP contribution >= 0.6 is 0 Å². The monoisotopic (exact) mass is 388 g/mol. The zero-order chi connectivity index (χ0) is 20.0. The quantitative estimate of drug-likeness (QED) is 0.754. The van der Waals surface area contributed by atoms with Crippen LogP contribution in [0.4, 0.5) is 5.69 Å². The number of hydrogen-bond donors (Lipinski definition) is 1. The Balaban J connectivity index is 2.21. The number of anilines is 1. The molecule has 0 fully saturated rings. The first kappa shape index (κ1) is 21.0. The van der Waals surface area contributed by atoms with Gasteiger partial charge in [0.25, 0.3) is 5.91 Å². The lowest BCUT2D eigenvalue weighted by atomic mass is 10.0. The topological polar surface area (TPSA) is 66.5 Å². The predicted molar refractivity (Wildman–Crippen MR) is 111 cm³/mol. The number of aryl methyl sites for hydroxylation is 3. The van der Waals surface area contributed by atoms with Crippen molar-refractivity contribution in [3.05, 3.63) is 64.7 Å². The number of nitrogens with zero attached hydrogens (tertiary/aromatic N) is 1. The van der Waals surface area contributed by atoms with Crippen LogP contribution in [0, 0.1) is 6.92 Å². The van der Waals surface area contributed by atoms with Gasteiger partial charge in [0.05, 0.1) is 18.5 Å². The normalized spacial score (nSPS) is 11.3. The van der Waals surface area contributed by atoms with Gasteiger partial charge in [0.2, 0.25) is 10.0 Å². The molecule has 0 spiro atoms. The number of sulfonamides is 1. The van der Waals surface area contributed by atoms with Gasteiger partial charge in [0, 0.05) is 12.1 Å². The van der Waals surface area contributed by atoms with Gasteiger partial charge < -0.3 is 5.32 Å². The Bertz CT molecular complexity index is 885. The molecule has 0 aliphatic carbocycles. The van der Waals surface area contributed by atoms with Crippen molar-refractivity contribution in [3.63, 3.8) is 0 Å². The molecule has 2 aromatic rings. The third kappa shape index (κ3) is 5.32. The molecule has 0 aliphatic rings. The second-order valence-corrected chi connectivity index (χ2v) is 8.50. The minimum Gasteiger partial charge on any atom is -0.350 e. The Morgan fingerprint density at radius 2 is 1.63 bits per heavy atom. The largest absolute Gasteiger partial charge is 0.350 e. The number of nitrogens with one attached hydrogen (secondary N) is 1. The Kier molecular flexibility index (Phi) is 7.02. The van der Waals surface area contributed by atoms with E-state index in [1.165, 1.54) is 10.6 Å². The molecule has 1 amide bonds. The van der Waals surface area contributed by atoms with Crippen molar-refractivity contribution in [2.75, 3.05) is 23.7 Å². The zero-order valence-electron chi connectivity index (χ0n) is 16.5. The van der Waals surface area contributed by atoms with Gasteiger partial charge in [-0.15, -0.1) is 0 Å². The third-order valence-electron chi connectivity index (χ3n) is 4.50. The third-order valence-corrected chi connectivity index (χ3v) is 5.66. The number of benzene rings is 2. The summed E-state index contributed by atoms with van der Waals surface area (Å²) in [6, 6.07) is 13.2. The van der Waals surface area contributed by atoms with E-state index >= 15 is 0 Å². The van der Waals surface area contributed by atoms with Crippen LogP contribution in [0.25, 0.3) is 0 Å². The van der Waals surface area contributed by atoms with Gasteiger partial charge >= 0.3 is 0 Å². The lowest BCUT2D eigenvalue weighted by Gasteiger charge is -2.27. The summed E-state index contributed by atoms with van der Waals surface area (Å²) >= 11 is 0. The van der Waals surface area contributed by atoms with Crippen molar-refractivity contribution in [1.29, 1.82) is 0 Å². The lowest BCUT2D eigenvalue weighted by molar-refractivity contribution is 0.0954. The van der Waals surface area contributed by atoms with Gasteiger partial charge in [0.15, 0.2) is 0 Å². The van der Waals surface area contributed by atoms with E-state index in [-0.39, 0.29) is 19.0 Å². The van der Waals surface area contributed by atoms with E-state index in [2.05, 4.69) is 5.32 Å². The van der Waals surface area contributed by atoms with Crippen LogP contribution in [0.3, 0.4) is 0 Å². The van der Waals surface area contributed by atoms with Crippen molar-refractivity contribution in [3.8, 4) is 0 Å². The van der Waals surface area contributed by atoms with Gasteiger partial charge in [-0.3, -0.25) is 9.10 Å². The maximum atomic E-state index is 12.5. The van der Waals surface area contributed by atoms with E-state index in [9.17, 15) is 13.2 Å². The summed E-state index contributed by atoms with van der Waals surface area (Å²) in [5.74, 6) is -0.202. The molecule has 0 saturated heterocycles. The molecule has 0 saturated carbocycles. The second kappa shape index (κ2) is 9.04. The second-order valence-electron chi connectivity index (χ2n) is 6.59. The Labute approximate surface area is 162 Å². The molecular weight excluding hydrogens is 360 g/mol. The maximum Gasteiger partial charge on any atom is 0.251 e. The van der Waals surface area contributed by atoms with E-state index in [0.717, 1.165) is 35.2 Å². The average molecular weight is 389 g/mol. The maximum absolute atomic E-state index is 12.5. The molecule has 2 aromatic carbocycles. The zero-order valence-corrected chi connectivity index (χ0v) is 17.3. The van der Waals surface area contributed by atoms with E-state index in [4.69, 9.17) is 0 Å². The van der Waals surface area contributed by atoms with E-state index in [1.807, 2.05) is 57.2 Å². The highest BCUT2D eigenvalue weighted by atomic mass is 32.2. The summed E-state index contributed by atoms with van der Waals surface area (Å²) in [5.41, 5.74) is 4.30. The number of rotatable bonds is 8. The summed E-state index contributed by atoms with van der Waals surface area (Å²) in [6.45, 7) is 6.38. The first-order chi connectivity index (χ1) is 12.8. The molecule has 27 heavy (non-hydrogen) atoms. The van der Waals surface area contributed by atoms with Crippen LogP contribution in [0.15, 0.2) is 42.5 Å². The van der Waals surface area contributed by atoms with Crippen molar-refractivity contribution in [2.24, 2.45) is 0 Å². The van der Waals surface area contributed by atoms with Crippen LogP contribution in [-0.4, -0.2) is 33.7 Å². The van der Waals surface area contributed by atoms with Crippen molar-refractivity contribution >= 4 is 21.6 Å². The standard InChI is InChI=1S/C21H28N2O3S/c1-5-17-10-8-11-18(6-2)20(17)23(27(4,25)26)14-13-22-21(24)19-12-7-9-16(3)15-19/h7-12,15H,5-6,13-14H2,1-4H3,(H,22,24). The van der Waals surface area contributed by atoms with E-state index < -0.39 is 10.0 Å². The van der Waals surface area contributed by atoms with Gasteiger partial charge in [-0.1, -0.05) is 49.7 Å². The van der Waals surface area contributed by atoms with Gasteiger partial charge in [-0.05, 0) is 43.0 Å². The molecule has 0 aromatic heterocycles. The molecule has 146 valence electrons. The minimum absolute atomic E-state index is 0.195. The van der Waals surface area contributed by atoms with Crippen LogP contribution in [0.1, 0.15) is 40.9 Å². The van der Waals surface area contributed by atoms with Crippen molar-refractivity contribution in [2.45, 2.75) is 33.6 Å². The molecule has 0 aliphatic heterocycles. The molecule has 1 N–H and O–H groups in total. The van der Waals surface area contributed by atoms with E-state index in [0.29, 0.717) is 5.56 Å². The molecule has 0 radical (unpaired) electrons. The molecule has 0 atom stereocenters. The first-order valence-electron chi connectivity index (χ1n) is 9.21. The van der Waals surface area contributed by atoms with Crippen molar-refractivity contribution < 1.29 is 13.2 Å². The van der Waals surface area contributed by atoms with Crippen LogP contribution in [-0.2, 0) is 22.9 Å². The van der Waals surface area contributed by atoms with Crippen LogP contribution in [0.5, 0.6) is 0 Å². The molecule has 5 nitrogen and oxygen atoms in total. The fourth-order valence-corrected chi connectivity index (χ4v) is 4.13. The summed E-state index contributed by atoms with van der Waals surface area (Å²) in [5, 5.41) is 2.83. The van der Waals surface area contributed by atoms with Gasteiger partial charge in [-0.2, -0.15) is 0 Å². The fraction of sp³-hybridized carbons (Fsp3) is 0.381. The van der Waals surface area contributed by atoms with Gasteiger partial charge in [-0.25, -0.2) is 8.42 Å². The molecule has 0 bridgehead atoms. The highest BCUT2D eigenvalue weighted by molar-refractivity contribution is 7.92.